The van der Waals surface area contributed by atoms with Gasteiger partial charge in [-0.1, -0.05) is 36.4 Å². The quantitative estimate of drug-likeness (QED) is 0.224. The van der Waals surface area contributed by atoms with Crippen LogP contribution in [0, 0.1) is 11.6 Å². The highest BCUT2D eigenvalue weighted by molar-refractivity contribution is 5.90. The van der Waals surface area contributed by atoms with Gasteiger partial charge in [0.2, 0.25) is 5.95 Å². The number of piperazine rings is 1. The molecule has 2 aliphatic rings. The molecule has 246 valence electrons. The number of carbonyl (C=O) groups excluding carboxylic acids is 1. The van der Waals surface area contributed by atoms with Crippen LogP contribution in [0.5, 0.6) is 5.75 Å². The van der Waals surface area contributed by atoms with Crippen LogP contribution in [0.15, 0.2) is 54.6 Å². The van der Waals surface area contributed by atoms with Crippen molar-refractivity contribution in [2.45, 2.75) is 31.9 Å². The summed E-state index contributed by atoms with van der Waals surface area (Å²) in [7, 11) is 1.35. The van der Waals surface area contributed by atoms with Crippen LogP contribution in [0.25, 0.3) is 22.3 Å². The average Bonchev–Trinajstić information content (AvgIpc) is 3.47. The van der Waals surface area contributed by atoms with Crippen LogP contribution < -0.4 is 20.6 Å². The van der Waals surface area contributed by atoms with Gasteiger partial charge >= 0.3 is 12.1 Å². The minimum atomic E-state index is -1.16. The Bertz CT molecular complexity index is 1790. The molecule has 2 fully saturated rings. The van der Waals surface area contributed by atoms with E-state index in [1.54, 1.807) is 16.8 Å². The van der Waals surface area contributed by atoms with Crippen LogP contribution in [-0.2, 0) is 16.1 Å². The summed E-state index contributed by atoms with van der Waals surface area (Å²) in [5.41, 5.74) is 5.12. The highest BCUT2D eigenvalue weighted by Gasteiger charge is 2.43. The highest BCUT2D eigenvalue weighted by atomic mass is 19.1. The normalized spacial score (nSPS) is 18.4. The molecule has 1 atom stereocenters. The predicted molar refractivity (Wildman–Crippen MR) is 168 cm³/mol. The molecule has 4 aromatic rings. The number of hydrogen-bond acceptors (Lipinski definition) is 11. The van der Waals surface area contributed by atoms with Crippen molar-refractivity contribution >= 4 is 34.9 Å². The summed E-state index contributed by atoms with van der Waals surface area (Å²) >= 11 is 0. The van der Waals surface area contributed by atoms with E-state index in [0.717, 1.165) is 5.56 Å². The number of carboxylic acids is 1. The van der Waals surface area contributed by atoms with Crippen LogP contribution in [-0.4, -0.2) is 87.4 Å². The zero-order valence-corrected chi connectivity index (χ0v) is 25.9. The molecule has 6 rings (SSSR count). The molecule has 47 heavy (non-hydrogen) atoms. The fraction of sp³-hybridized carbons (Fsp3) is 0.344. The van der Waals surface area contributed by atoms with Crippen molar-refractivity contribution in [3.8, 4) is 17.0 Å². The van der Waals surface area contributed by atoms with Crippen molar-refractivity contribution in [2.24, 2.45) is 0 Å². The maximum absolute atomic E-state index is 15.7. The third-order valence-corrected chi connectivity index (χ3v) is 8.50. The number of aliphatic carboxylic acids is 1. The first-order chi connectivity index (χ1) is 22.7. The summed E-state index contributed by atoms with van der Waals surface area (Å²) in [6.07, 6.45) is 0.651. The maximum Gasteiger partial charge on any atom is 0.410 e. The molecule has 15 heteroatoms. The number of ether oxygens (including phenoxy) is 2. The van der Waals surface area contributed by atoms with Crippen molar-refractivity contribution in [1.82, 2.24) is 30.4 Å². The molecule has 4 heterocycles. The Labute approximate surface area is 269 Å². The number of nitrogens with zero attached hydrogens (tertiary/aromatic N) is 6. The van der Waals surface area contributed by atoms with E-state index in [9.17, 15) is 19.1 Å². The number of hydrogen-bond donors (Lipinski definition) is 3. The molecule has 3 N–H and O–H groups in total. The molecule has 2 aliphatic heterocycles. The summed E-state index contributed by atoms with van der Waals surface area (Å²) < 4.78 is 41.5. The monoisotopic (exact) mass is 648 g/mol. The van der Waals surface area contributed by atoms with Gasteiger partial charge in [0.05, 0.1) is 18.1 Å². The number of anilines is 2. The van der Waals surface area contributed by atoms with E-state index in [0.29, 0.717) is 51.4 Å². The second-order valence-corrected chi connectivity index (χ2v) is 11.5. The molecule has 0 bridgehead atoms. The van der Waals surface area contributed by atoms with Gasteiger partial charge < -0.3 is 24.4 Å². The van der Waals surface area contributed by atoms with Gasteiger partial charge in [0.15, 0.2) is 11.5 Å². The van der Waals surface area contributed by atoms with Crippen LogP contribution in [0.1, 0.15) is 25.3 Å². The van der Waals surface area contributed by atoms with E-state index < -0.39 is 29.2 Å². The smallest absolute Gasteiger partial charge is 0.410 e. The van der Waals surface area contributed by atoms with E-state index in [1.807, 2.05) is 35.2 Å². The second kappa shape index (κ2) is 13.3. The number of fused-ring (bicyclic) bond motifs is 1. The third-order valence-electron chi connectivity index (χ3n) is 8.50. The minimum Gasteiger partial charge on any atom is -0.496 e. The lowest BCUT2D eigenvalue weighted by Gasteiger charge is -2.35. The number of carbonyl (C=O) groups is 2. The number of nitrogens with one attached hydrogen (secondary N) is 2. The van der Waals surface area contributed by atoms with Gasteiger partial charge in [-0.2, -0.15) is 15.5 Å². The average molecular weight is 649 g/mol. The molecule has 0 radical (unpaired) electrons. The number of amides is 1. The Hall–Kier alpha value is -5.15. The van der Waals surface area contributed by atoms with E-state index in [-0.39, 0.29) is 40.6 Å². The molecule has 2 aromatic carbocycles. The van der Waals surface area contributed by atoms with Gasteiger partial charge in [0.25, 0.3) is 0 Å². The number of halogens is 2. The van der Waals surface area contributed by atoms with Crippen molar-refractivity contribution in [2.75, 3.05) is 50.2 Å². The van der Waals surface area contributed by atoms with Gasteiger partial charge in [0, 0.05) is 32.7 Å². The molecule has 2 aromatic heterocycles. The molecule has 0 unspecified atom stereocenters. The van der Waals surface area contributed by atoms with Crippen molar-refractivity contribution in [3.05, 3.63) is 71.8 Å². The molecule has 0 aliphatic carbocycles. The fourth-order valence-corrected chi connectivity index (χ4v) is 5.79. The van der Waals surface area contributed by atoms with Crippen molar-refractivity contribution in [3.63, 3.8) is 0 Å². The van der Waals surface area contributed by atoms with Crippen LogP contribution in [0.2, 0.25) is 0 Å². The SMILES string of the molecule is COc1cccc(F)c1-c1nc2nc(NNN3CCC[C@@]3(C)C(=O)O)nc(N3CCN(C(=O)OCc4ccccc4)CC3)c2cc1F. The Morgan fingerprint density at radius 1 is 0.979 bits per heavy atom. The van der Waals surface area contributed by atoms with Crippen LogP contribution >= 0.6 is 0 Å². The Balaban J connectivity index is 1.30. The lowest BCUT2D eigenvalue weighted by Crippen LogP contribution is -2.56. The second-order valence-electron chi connectivity index (χ2n) is 11.5. The molecule has 2 saturated heterocycles. The zero-order valence-electron chi connectivity index (χ0n) is 25.9. The van der Waals surface area contributed by atoms with Gasteiger partial charge in [-0.15, -0.1) is 0 Å². The largest absolute Gasteiger partial charge is 0.496 e. The standard InChI is InChI=1S/C32H34F2N8O5/c1-32(29(43)44)12-7-13-42(32)39-38-30-36-27-21(18-23(34)26(35-27)25-22(33)10-6-11-24(25)46-2)28(37-30)40-14-16-41(17-15-40)31(45)47-19-20-8-4-3-5-9-20/h3-6,8-11,18,39H,7,12-17,19H2,1-2H3,(H,43,44)(H,35,36,37,38)/t32-/m0/s1. The summed E-state index contributed by atoms with van der Waals surface area (Å²) in [5.74, 6) is -2.05. The predicted octanol–water partition coefficient (Wildman–Crippen LogP) is 4.21. The highest BCUT2D eigenvalue weighted by Crippen LogP contribution is 2.36. The number of pyridine rings is 1. The van der Waals surface area contributed by atoms with Crippen molar-refractivity contribution < 1.29 is 33.0 Å². The zero-order chi connectivity index (χ0) is 33.1. The number of aromatic nitrogens is 3. The first kappa shape index (κ1) is 31.8. The number of methoxy groups -OCH3 is 1. The summed E-state index contributed by atoms with van der Waals surface area (Å²) in [4.78, 5) is 41.8. The number of rotatable bonds is 9. The lowest BCUT2D eigenvalue weighted by molar-refractivity contribution is -0.150. The number of benzene rings is 2. The van der Waals surface area contributed by atoms with E-state index in [4.69, 9.17) is 9.47 Å². The topological polar surface area (TPSA) is 145 Å². The molecular formula is C32H34F2N8O5. The molecular weight excluding hydrogens is 614 g/mol. The van der Waals surface area contributed by atoms with E-state index in [2.05, 4.69) is 25.9 Å². The third kappa shape index (κ3) is 6.44. The van der Waals surface area contributed by atoms with Crippen LogP contribution in [0.3, 0.4) is 0 Å². The Morgan fingerprint density at radius 3 is 2.47 bits per heavy atom. The van der Waals surface area contributed by atoms with Gasteiger partial charge in [-0.05, 0) is 43.5 Å². The summed E-state index contributed by atoms with van der Waals surface area (Å²) in [6, 6.07) is 14.7. The van der Waals surface area contributed by atoms with Gasteiger partial charge in [-0.3, -0.25) is 10.2 Å². The van der Waals surface area contributed by atoms with Crippen molar-refractivity contribution in [1.29, 1.82) is 0 Å². The molecule has 0 saturated carbocycles. The number of carboxylic acid groups (broad SMARTS) is 1. The number of hydrazine groups is 2. The van der Waals surface area contributed by atoms with Gasteiger partial charge in [-0.25, -0.2) is 23.6 Å². The van der Waals surface area contributed by atoms with Gasteiger partial charge in [0.1, 0.15) is 35.2 Å². The van der Waals surface area contributed by atoms with E-state index >= 15 is 4.39 Å². The first-order valence-electron chi connectivity index (χ1n) is 15.1. The molecule has 13 nitrogen and oxygen atoms in total. The minimum absolute atomic E-state index is 0.0300. The lowest BCUT2D eigenvalue weighted by atomic mass is 10.0. The summed E-state index contributed by atoms with van der Waals surface area (Å²) in [5, 5.41) is 11.6. The fourth-order valence-electron chi connectivity index (χ4n) is 5.79. The Morgan fingerprint density at radius 2 is 1.74 bits per heavy atom. The first-order valence-corrected chi connectivity index (χ1v) is 15.1. The van der Waals surface area contributed by atoms with E-state index in [1.165, 1.54) is 31.4 Å². The molecule has 1 amide bonds. The molecule has 0 spiro atoms. The maximum atomic E-state index is 15.7. The van der Waals surface area contributed by atoms with Crippen LogP contribution in [0.4, 0.5) is 25.3 Å². The Kier molecular flexibility index (Phi) is 9.00. The summed E-state index contributed by atoms with van der Waals surface area (Å²) in [6.45, 7) is 3.53.